The van der Waals surface area contributed by atoms with Gasteiger partial charge in [0.25, 0.3) is 5.91 Å². The van der Waals surface area contributed by atoms with Crippen LogP contribution in [-0.2, 0) is 22.4 Å². The number of H-pyrrole nitrogens is 1. The van der Waals surface area contributed by atoms with Crippen LogP contribution in [-0.4, -0.2) is 18.0 Å². The summed E-state index contributed by atoms with van der Waals surface area (Å²) in [4.78, 5) is 16.3. The van der Waals surface area contributed by atoms with E-state index in [4.69, 9.17) is 4.74 Å². The number of anilines is 1. The van der Waals surface area contributed by atoms with Gasteiger partial charge in [-0.05, 0) is 80.0 Å². The number of benzene rings is 1. The highest BCUT2D eigenvalue weighted by atomic mass is 16.5. The number of carbonyl (C=O) groups excluding carboxylic acids is 1. The highest BCUT2D eigenvalue weighted by molar-refractivity contribution is 6.34. The second kappa shape index (κ2) is 7.11. The van der Waals surface area contributed by atoms with E-state index in [1.807, 2.05) is 12.2 Å². The third-order valence-electron chi connectivity index (χ3n) is 6.43. The molecule has 29 heavy (non-hydrogen) atoms. The molecule has 0 saturated heterocycles. The molecule has 1 aromatic heterocycles. The molecule has 2 aromatic rings. The van der Waals surface area contributed by atoms with E-state index in [0.29, 0.717) is 0 Å². The summed E-state index contributed by atoms with van der Waals surface area (Å²) in [5, 5.41) is 3.06. The third-order valence-corrected chi connectivity index (χ3v) is 6.43. The molecule has 148 valence electrons. The van der Waals surface area contributed by atoms with Gasteiger partial charge in [0, 0.05) is 28.6 Å². The van der Waals surface area contributed by atoms with E-state index >= 15 is 0 Å². The van der Waals surface area contributed by atoms with Crippen molar-refractivity contribution < 1.29 is 9.53 Å². The summed E-state index contributed by atoms with van der Waals surface area (Å²) in [5.74, 6) is 1.13. The topological polar surface area (TPSA) is 54.1 Å². The van der Waals surface area contributed by atoms with E-state index in [1.165, 1.54) is 35.2 Å². The Morgan fingerprint density at radius 3 is 2.90 bits per heavy atom. The van der Waals surface area contributed by atoms with Gasteiger partial charge >= 0.3 is 0 Å². The fourth-order valence-corrected chi connectivity index (χ4v) is 4.77. The minimum atomic E-state index is -0.0271. The second-order valence-corrected chi connectivity index (χ2v) is 8.16. The van der Waals surface area contributed by atoms with Gasteiger partial charge in [-0.3, -0.25) is 4.79 Å². The SMILES string of the molecule is COC1=CC(c2ccc3c(c2)NC(=O)/C3=C\c2[nH]c3c(c2C)CCCC3)CC=C1. The van der Waals surface area contributed by atoms with Crippen molar-refractivity contribution in [3.05, 3.63) is 75.8 Å². The molecule has 4 heteroatoms. The van der Waals surface area contributed by atoms with Gasteiger partial charge in [-0.15, -0.1) is 0 Å². The second-order valence-electron chi connectivity index (χ2n) is 8.16. The Balaban J connectivity index is 1.49. The summed E-state index contributed by atoms with van der Waals surface area (Å²) in [5.41, 5.74) is 8.97. The normalized spacial score (nSPS) is 21.6. The number of ether oxygens (including phenoxy) is 1. The molecule has 2 aliphatic carbocycles. The van der Waals surface area contributed by atoms with Gasteiger partial charge in [0.05, 0.1) is 12.7 Å². The molecule has 1 aromatic carbocycles. The predicted molar refractivity (Wildman–Crippen MR) is 117 cm³/mol. The molecular formula is C25H26N2O2. The number of methoxy groups -OCH3 is 1. The quantitative estimate of drug-likeness (QED) is 0.706. The van der Waals surface area contributed by atoms with Crippen LogP contribution in [0.2, 0.25) is 0 Å². The van der Waals surface area contributed by atoms with Crippen molar-refractivity contribution in [2.45, 2.75) is 44.9 Å². The molecule has 1 unspecified atom stereocenters. The molecule has 1 aliphatic heterocycles. The summed E-state index contributed by atoms with van der Waals surface area (Å²) >= 11 is 0. The molecule has 0 fully saturated rings. The maximum atomic E-state index is 12.7. The van der Waals surface area contributed by atoms with E-state index in [0.717, 1.165) is 47.5 Å². The molecule has 1 atom stereocenters. The standard InChI is InChI=1S/C25H26N2O2/c1-15-19-8-3-4-9-22(19)26-23(15)14-21-20-11-10-17(13-24(20)27-25(21)28)16-6-5-7-18(12-16)29-2/h5,7,10-14,16,26H,3-4,6,8-9H2,1-2H3,(H,27,28)/b21-14-. The maximum Gasteiger partial charge on any atom is 0.256 e. The number of hydrogen-bond acceptors (Lipinski definition) is 2. The van der Waals surface area contributed by atoms with E-state index in [-0.39, 0.29) is 11.8 Å². The minimum absolute atomic E-state index is 0.0271. The van der Waals surface area contributed by atoms with Crippen molar-refractivity contribution >= 4 is 23.2 Å². The van der Waals surface area contributed by atoms with Crippen LogP contribution in [0, 0.1) is 6.92 Å². The fourth-order valence-electron chi connectivity index (χ4n) is 4.77. The van der Waals surface area contributed by atoms with Gasteiger partial charge in [-0.25, -0.2) is 0 Å². The molecule has 4 nitrogen and oxygen atoms in total. The number of rotatable bonds is 3. The molecule has 0 spiro atoms. The Labute approximate surface area is 171 Å². The van der Waals surface area contributed by atoms with Crippen LogP contribution >= 0.6 is 0 Å². The summed E-state index contributed by atoms with van der Waals surface area (Å²) < 4.78 is 5.37. The zero-order valence-corrected chi connectivity index (χ0v) is 17.0. The monoisotopic (exact) mass is 386 g/mol. The maximum absolute atomic E-state index is 12.7. The average molecular weight is 386 g/mol. The van der Waals surface area contributed by atoms with Crippen LogP contribution in [0.4, 0.5) is 5.69 Å². The number of fused-ring (bicyclic) bond motifs is 2. The van der Waals surface area contributed by atoms with Crippen molar-refractivity contribution in [1.82, 2.24) is 4.98 Å². The highest BCUT2D eigenvalue weighted by Gasteiger charge is 2.26. The largest absolute Gasteiger partial charge is 0.497 e. The molecule has 0 radical (unpaired) electrons. The first-order valence-corrected chi connectivity index (χ1v) is 10.4. The van der Waals surface area contributed by atoms with Crippen molar-refractivity contribution in [2.75, 3.05) is 12.4 Å². The predicted octanol–water partition coefficient (Wildman–Crippen LogP) is 5.27. The first kappa shape index (κ1) is 18.0. The van der Waals surface area contributed by atoms with Gasteiger partial charge in [-0.2, -0.15) is 0 Å². The van der Waals surface area contributed by atoms with Crippen LogP contribution in [0.1, 0.15) is 58.8 Å². The van der Waals surface area contributed by atoms with E-state index in [2.05, 4.69) is 47.6 Å². The molecular weight excluding hydrogens is 360 g/mol. The Bertz CT molecular complexity index is 1080. The zero-order chi connectivity index (χ0) is 20.0. The van der Waals surface area contributed by atoms with Crippen LogP contribution < -0.4 is 5.32 Å². The summed E-state index contributed by atoms with van der Waals surface area (Å²) in [6.45, 7) is 2.17. The van der Waals surface area contributed by atoms with Gasteiger partial charge < -0.3 is 15.0 Å². The number of amides is 1. The Hall–Kier alpha value is -3.01. The smallest absolute Gasteiger partial charge is 0.256 e. The lowest BCUT2D eigenvalue weighted by Gasteiger charge is -2.17. The molecule has 3 aliphatic rings. The van der Waals surface area contributed by atoms with Crippen molar-refractivity contribution in [3.8, 4) is 0 Å². The molecule has 1 amide bonds. The van der Waals surface area contributed by atoms with Gasteiger partial charge in [0.2, 0.25) is 0 Å². The van der Waals surface area contributed by atoms with Crippen molar-refractivity contribution in [3.63, 3.8) is 0 Å². The molecule has 2 heterocycles. The van der Waals surface area contributed by atoms with Crippen molar-refractivity contribution in [2.24, 2.45) is 0 Å². The molecule has 0 bridgehead atoms. The lowest BCUT2D eigenvalue weighted by Crippen LogP contribution is -2.04. The number of hydrogen-bond donors (Lipinski definition) is 2. The minimum Gasteiger partial charge on any atom is -0.497 e. The highest BCUT2D eigenvalue weighted by Crippen LogP contribution is 2.38. The van der Waals surface area contributed by atoms with Crippen molar-refractivity contribution in [1.29, 1.82) is 0 Å². The van der Waals surface area contributed by atoms with E-state index in [9.17, 15) is 4.79 Å². The fraction of sp³-hybridized carbons (Fsp3) is 0.320. The van der Waals surface area contributed by atoms with Gasteiger partial charge in [0.1, 0.15) is 5.76 Å². The number of aromatic amines is 1. The summed E-state index contributed by atoms with van der Waals surface area (Å²) in [7, 11) is 1.69. The Morgan fingerprint density at radius 2 is 2.07 bits per heavy atom. The molecule has 5 rings (SSSR count). The van der Waals surface area contributed by atoms with Crippen LogP contribution in [0.3, 0.4) is 0 Å². The number of aromatic nitrogens is 1. The van der Waals surface area contributed by atoms with Crippen LogP contribution in [0.15, 0.2) is 42.2 Å². The van der Waals surface area contributed by atoms with Crippen LogP contribution in [0.25, 0.3) is 11.6 Å². The lowest BCUT2D eigenvalue weighted by atomic mass is 9.90. The zero-order valence-electron chi connectivity index (χ0n) is 17.0. The van der Waals surface area contributed by atoms with Gasteiger partial charge in [0.15, 0.2) is 0 Å². The average Bonchev–Trinajstić information content (AvgIpc) is 3.24. The number of aryl methyl sites for hydroxylation is 1. The molecule has 2 N–H and O–H groups in total. The van der Waals surface area contributed by atoms with Crippen LogP contribution in [0.5, 0.6) is 0 Å². The first-order valence-electron chi connectivity index (χ1n) is 10.4. The van der Waals surface area contributed by atoms with E-state index < -0.39 is 0 Å². The molecule has 0 saturated carbocycles. The first-order chi connectivity index (χ1) is 14.1. The van der Waals surface area contributed by atoms with Gasteiger partial charge in [-0.1, -0.05) is 18.2 Å². The number of carbonyl (C=O) groups is 1. The Kier molecular flexibility index (Phi) is 4.42. The number of allylic oxidation sites excluding steroid dienone is 3. The summed E-state index contributed by atoms with van der Waals surface area (Å²) in [6.07, 6.45) is 14.0. The third kappa shape index (κ3) is 3.13. The summed E-state index contributed by atoms with van der Waals surface area (Å²) in [6, 6.07) is 6.31. The Morgan fingerprint density at radius 1 is 1.21 bits per heavy atom. The van der Waals surface area contributed by atoms with E-state index in [1.54, 1.807) is 7.11 Å². The number of nitrogens with one attached hydrogen (secondary N) is 2. The lowest BCUT2D eigenvalue weighted by molar-refractivity contribution is -0.110.